The molecule has 3 aromatic rings. The Morgan fingerprint density at radius 3 is 2.59 bits per heavy atom. The maximum absolute atomic E-state index is 10.4. The third-order valence-corrected chi connectivity index (χ3v) is 4.20. The number of halogens is 1. The number of para-hydroxylation sites is 1. The van der Waals surface area contributed by atoms with E-state index in [0.717, 1.165) is 32.1 Å². The Morgan fingerprint density at radius 1 is 1.05 bits per heavy atom. The molecule has 0 aliphatic rings. The van der Waals surface area contributed by atoms with Gasteiger partial charge in [0.2, 0.25) is 0 Å². The molecule has 0 aliphatic carbocycles. The van der Waals surface area contributed by atoms with Crippen molar-refractivity contribution in [2.45, 2.75) is 0 Å². The summed E-state index contributed by atoms with van der Waals surface area (Å²) in [5, 5.41) is 15.6. The number of phenolic OH excluding ortho intramolecular Hbond substituents is 1. The van der Waals surface area contributed by atoms with E-state index < -0.39 is 0 Å². The average molecular weight is 373 g/mol. The lowest BCUT2D eigenvalue weighted by molar-refractivity contribution is 0.478. The number of nitrogens with one attached hydrogen (secondary N) is 1. The van der Waals surface area contributed by atoms with Crippen molar-refractivity contribution in [2.24, 2.45) is 5.73 Å². The molecule has 0 bridgehead atoms. The molecule has 22 heavy (non-hydrogen) atoms. The summed E-state index contributed by atoms with van der Waals surface area (Å²) < 4.78 is 0.824. The first-order valence-corrected chi connectivity index (χ1v) is 7.84. The van der Waals surface area contributed by atoms with Crippen LogP contribution in [0.5, 0.6) is 5.75 Å². The number of nitrogens with two attached hydrogens (primary N) is 1. The van der Waals surface area contributed by atoms with Crippen molar-refractivity contribution in [1.29, 1.82) is 0 Å². The van der Waals surface area contributed by atoms with Crippen LogP contribution in [0.2, 0.25) is 0 Å². The summed E-state index contributed by atoms with van der Waals surface area (Å²) in [5.41, 5.74) is 7.94. The number of phenols is 1. The van der Waals surface area contributed by atoms with Gasteiger partial charge in [0.25, 0.3) is 0 Å². The maximum atomic E-state index is 10.4. The van der Waals surface area contributed by atoms with E-state index in [1.807, 2.05) is 48.5 Å². The fourth-order valence-electron chi connectivity index (χ4n) is 2.53. The summed E-state index contributed by atoms with van der Waals surface area (Å²) in [5.74, 6) is 0.211. The molecule has 0 amide bonds. The summed E-state index contributed by atoms with van der Waals surface area (Å²) in [6.45, 7) is 0. The molecule has 5 heteroatoms. The van der Waals surface area contributed by atoms with Gasteiger partial charge < -0.3 is 16.2 Å². The van der Waals surface area contributed by atoms with Crippen molar-refractivity contribution in [3.05, 3.63) is 59.1 Å². The molecule has 3 rings (SSSR count). The first-order valence-electron chi connectivity index (χ1n) is 6.64. The van der Waals surface area contributed by atoms with E-state index in [1.165, 1.54) is 0 Å². The van der Waals surface area contributed by atoms with Crippen LogP contribution in [-0.4, -0.2) is 10.2 Å². The van der Waals surface area contributed by atoms with Gasteiger partial charge >= 0.3 is 0 Å². The van der Waals surface area contributed by atoms with E-state index in [9.17, 15) is 5.11 Å². The van der Waals surface area contributed by atoms with Gasteiger partial charge in [-0.2, -0.15) is 0 Å². The van der Waals surface area contributed by atoms with E-state index in [0.29, 0.717) is 0 Å². The second-order valence-corrected chi connectivity index (χ2v) is 6.13. The van der Waals surface area contributed by atoms with Crippen molar-refractivity contribution in [2.75, 3.05) is 5.32 Å². The van der Waals surface area contributed by atoms with Gasteiger partial charge in [-0.05, 0) is 51.1 Å². The van der Waals surface area contributed by atoms with Crippen molar-refractivity contribution in [1.82, 2.24) is 0 Å². The highest BCUT2D eigenvalue weighted by Gasteiger charge is 2.15. The number of benzene rings is 3. The molecule has 0 saturated heterocycles. The Balaban J connectivity index is 2.35. The molecule has 4 N–H and O–H groups in total. The molecule has 0 atom stereocenters. The minimum absolute atomic E-state index is 0.174. The molecule has 0 aromatic heterocycles. The Labute approximate surface area is 141 Å². The molecule has 0 spiro atoms. The normalized spacial score (nSPS) is 10.6. The molecule has 0 heterocycles. The molecule has 3 aromatic carbocycles. The van der Waals surface area contributed by atoms with Gasteiger partial charge in [0.15, 0.2) is 5.11 Å². The van der Waals surface area contributed by atoms with Crippen LogP contribution in [-0.2, 0) is 0 Å². The monoisotopic (exact) mass is 372 g/mol. The number of thiocarbonyl (C=S) groups is 1. The van der Waals surface area contributed by atoms with Gasteiger partial charge in [-0.1, -0.05) is 42.5 Å². The van der Waals surface area contributed by atoms with Crippen LogP contribution in [0.15, 0.2) is 59.1 Å². The van der Waals surface area contributed by atoms with Gasteiger partial charge in [-0.3, -0.25) is 0 Å². The number of anilines is 1. The Hall–Kier alpha value is -2.11. The van der Waals surface area contributed by atoms with Crippen molar-refractivity contribution in [3.8, 4) is 16.9 Å². The minimum atomic E-state index is 0.174. The Bertz CT molecular complexity index is 880. The summed E-state index contributed by atoms with van der Waals surface area (Å²) in [4.78, 5) is 0. The molecule has 0 fully saturated rings. The second-order valence-electron chi connectivity index (χ2n) is 4.83. The van der Waals surface area contributed by atoms with Gasteiger partial charge in [-0.15, -0.1) is 0 Å². The highest BCUT2D eigenvalue weighted by Crippen LogP contribution is 2.42. The molecule has 110 valence electrons. The lowest BCUT2D eigenvalue weighted by atomic mass is 9.96. The predicted molar refractivity (Wildman–Crippen MR) is 99.2 cm³/mol. The number of rotatable bonds is 2. The van der Waals surface area contributed by atoms with E-state index in [-0.39, 0.29) is 10.9 Å². The maximum Gasteiger partial charge on any atom is 0.168 e. The van der Waals surface area contributed by atoms with Gasteiger partial charge in [0, 0.05) is 15.6 Å². The summed E-state index contributed by atoms with van der Waals surface area (Å²) in [6.07, 6.45) is 0. The van der Waals surface area contributed by atoms with Gasteiger partial charge in [0.05, 0.1) is 5.69 Å². The van der Waals surface area contributed by atoms with Crippen molar-refractivity contribution in [3.63, 3.8) is 0 Å². The number of hydrogen-bond acceptors (Lipinski definition) is 2. The minimum Gasteiger partial charge on any atom is -0.507 e. The zero-order valence-corrected chi connectivity index (χ0v) is 13.9. The summed E-state index contributed by atoms with van der Waals surface area (Å²) in [6, 6.07) is 17.2. The van der Waals surface area contributed by atoms with Crippen LogP contribution in [0.1, 0.15) is 0 Å². The molecule has 3 nitrogen and oxygen atoms in total. The first kappa shape index (κ1) is 14.8. The van der Waals surface area contributed by atoms with Gasteiger partial charge in [-0.25, -0.2) is 0 Å². The highest BCUT2D eigenvalue weighted by molar-refractivity contribution is 9.10. The zero-order chi connectivity index (χ0) is 15.7. The lowest BCUT2D eigenvalue weighted by Gasteiger charge is -2.16. The second kappa shape index (κ2) is 5.94. The average Bonchev–Trinajstić information content (AvgIpc) is 2.49. The van der Waals surface area contributed by atoms with E-state index in [2.05, 4.69) is 21.2 Å². The topological polar surface area (TPSA) is 58.3 Å². The zero-order valence-electron chi connectivity index (χ0n) is 11.5. The third-order valence-electron chi connectivity index (χ3n) is 3.44. The number of fused-ring (bicyclic) bond motifs is 1. The SMILES string of the molecule is NC(=S)Nc1c(Br)cccc1-c1c(O)ccc2ccccc12. The number of aromatic hydroxyl groups is 1. The highest BCUT2D eigenvalue weighted by atomic mass is 79.9. The number of hydrogen-bond donors (Lipinski definition) is 3. The molecule has 0 aliphatic heterocycles. The Morgan fingerprint density at radius 2 is 1.82 bits per heavy atom. The Kier molecular flexibility index (Phi) is 4.00. The van der Waals surface area contributed by atoms with Crippen LogP contribution in [0.3, 0.4) is 0 Å². The lowest BCUT2D eigenvalue weighted by Crippen LogP contribution is -2.19. The fourth-order valence-corrected chi connectivity index (χ4v) is 3.09. The smallest absolute Gasteiger partial charge is 0.168 e. The van der Waals surface area contributed by atoms with Crippen LogP contribution in [0.25, 0.3) is 21.9 Å². The predicted octanol–water partition coefficient (Wildman–Crippen LogP) is 4.63. The molecular weight excluding hydrogens is 360 g/mol. The molecule has 0 saturated carbocycles. The van der Waals surface area contributed by atoms with Gasteiger partial charge in [0.1, 0.15) is 5.75 Å². The van der Waals surface area contributed by atoms with E-state index >= 15 is 0 Å². The standard InChI is InChI=1S/C17H13BrN2OS/c18-13-7-3-6-12(16(13)20-17(19)22)15-11-5-2-1-4-10(11)8-9-14(15)21/h1-9,21H,(H3,19,20,22). The molecular formula is C17H13BrN2OS. The van der Waals surface area contributed by atoms with Crippen LogP contribution in [0.4, 0.5) is 5.69 Å². The van der Waals surface area contributed by atoms with Crippen molar-refractivity contribution < 1.29 is 5.11 Å². The van der Waals surface area contributed by atoms with Crippen LogP contribution < -0.4 is 11.1 Å². The third kappa shape index (κ3) is 2.65. The van der Waals surface area contributed by atoms with E-state index in [4.69, 9.17) is 18.0 Å². The van der Waals surface area contributed by atoms with Crippen molar-refractivity contribution >= 4 is 49.7 Å². The van der Waals surface area contributed by atoms with Crippen LogP contribution in [0, 0.1) is 0 Å². The largest absolute Gasteiger partial charge is 0.507 e. The summed E-state index contributed by atoms with van der Waals surface area (Å²) >= 11 is 8.46. The first-order chi connectivity index (χ1) is 10.6. The fraction of sp³-hybridized carbons (Fsp3) is 0. The molecule has 0 radical (unpaired) electrons. The van der Waals surface area contributed by atoms with E-state index in [1.54, 1.807) is 6.07 Å². The summed E-state index contributed by atoms with van der Waals surface area (Å²) in [7, 11) is 0. The molecule has 0 unspecified atom stereocenters. The van der Waals surface area contributed by atoms with Crippen LogP contribution >= 0.6 is 28.1 Å². The quantitative estimate of drug-likeness (QED) is 0.574.